The predicted molar refractivity (Wildman–Crippen MR) is 79.9 cm³/mol. The molecule has 0 radical (unpaired) electrons. The van der Waals surface area contributed by atoms with Crippen molar-refractivity contribution >= 4 is 11.7 Å². The Kier molecular flexibility index (Phi) is 3.77. The molecule has 0 spiro atoms. The highest BCUT2D eigenvalue weighted by molar-refractivity contribution is 5.74. The molecular weight excluding hydrogens is 307 g/mol. The highest BCUT2D eigenvalue weighted by Gasteiger charge is 2.50. The van der Waals surface area contributed by atoms with Gasteiger partial charge in [-0.05, 0) is 37.8 Å². The summed E-state index contributed by atoms with van der Waals surface area (Å²) < 4.78 is 38.5. The lowest BCUT2D eigenvalue weighted by Gasteiger charge is -2.32. The summed E-state index contributed by atoms with van der Waals surface area (Å²) in [6, 6.07) is 4.00. The summed E-state index contributed by atoms with van der Waals surface area (Å²) >= 11 is 0. The molecule has 4 nitrogen and oxygen atoms in total. The number of fused-ring (bicyclic) bond motifs is 1. The Morgan fingerprint density at radius 3 is 2.78 bits per heavy atom. The first kappa shape index (κ1) is 16.1. The molecule has 1 amide bonds. The molecular formula is C16H20F3N3O. The van der Waals surface area contributed by atoms with Crippen molar-refractivity contribution in [2.45, 2.75) is 38.4 Å². The lowest BCUT2D eigenvalue weighted by Crippen LogP contribution is -2.49. The number of halogens is 3. The summed E-state index contributed by atoms with van der Waals surface area (Å²) in [6.07, 6.45) is -2.56. The molecule has 1 saturated heterocycles. The highest BCUT2D eigenvalue weighted by Crippen LogP contribution is 2.45. The molecule has 2 aliphatic rings. The number of hydrogen-bond donors (Lipinski definition) is 1. The van der Waals surface area contributed by atoms with E-state index in [-0.39, 0.29) is 17.4 Å². The van der Waals surface area contributed by atoms with Crippen LogP contribution in [-0.2, 0) is 11.0 Å². The number of carbonyl (C=O) groups is 1. The van der Waals surface area contributed by atoms with Crippen LogP contribution < -0.4 is 10.2 Å². The molecule has 126 valence electrons. The van der Waals surface area contributed by atoms with E-state index in [9.17, 15) is 18.0 Å². The fourth-order valence-corrected chi connectivity index (χ4v) is 4.06. The van der Waals surface area contributed by atoms with Crippen molar-refractivity contribution < 1.29 is 18.0 Å². The van der Waals surface area contributed by atoms with E-state index < -0.39 is 11.9 Å². The maximum Gasteiger partial charge on any atom is 0.433 e. The summed E-state index contributed by atoms with van der Waals surface area (Å²) in [5.41, 5.74) is -1.15. The number of anilines is 1. The molecule has 2 fully saturated rings. The maximum atomic E-state index is 12.8. The fraction of sp³-hybridized carbons (Fsp3) is 0.625. The number of nitrogens with zero attached hydrogens (tertiary/aromatic N) is 2. The fourth-order valence-electron chi connectivity index (χ4n) is 4.06. The molecule has 7 heteroatoms. The molecule has 1 aliphatic carbocycles. The Morgan fingerprint density at radius 2 is 2.13 bits per heavy atom. The number of nitrogens with one attached hydrogen (secondary N) is 1. The van der Waals surface area contributed by atoms with Gasteiger partial charge < -0.3 is 10.2 Å². The Bertz CT molecular complexity index is 619. The van der Waals surface area contributed by atoms with E-state index in [2.05, 4.69) is 10.3 Å². The normalized spacial score (nSPS) is 30.4. The molecule has 23 heavy (non-hydrogen) atoms. The van der Waals surface area contributed by atoms with Crippen molar-refractivity contribution in [1.29, 1.82) is 0 Å². The third-order valence-corrected chi connectivity index (χ3v) is 5.10. The van der Waals surface area contributed by atoms with Crippen molar-refractivity contribution in [1.82, 2.24) is 10.3 Å². The number of aromatic nitrogens is 1. The van der Waals surface area contributed by atoms with Crippen molar-refractivity contribution in [3.8, 4) is 0 Å². The van der Waals surface area contributed by atoms with Gasteiger partial charge in [0.1, 0.15) is 11.5 Å². The van der Waals surface area contributed by atoms with Crippen molar-refractivity contribution in [3.05, 3.63) is 23.9 Å². The minimum Gasteiger partial charge on any atom is -0.356 e. The lowest BCUT2D eigenvalue weighted by molar-refractivity contribution is -0.141. The zero-order valence-electron chi connectivity index (χ0n) is 13.2. The molecule has 1 aliphatic heterocycles. The molecule has 1 aromatic heterocycles. The Balaban J connectivity index is 1.79. The Morgan fingerprint density at radius 1 is 1.39 bits per heavy atom. The van der Waals surface area contributed by atoms with Gasteiger partial charge in [-0.3, -0.25) is 4.79 Å². The van der Waals surface area contributed by atoms with Gasteiger partial charge in [0, 0.05) is 31.5 Å². The van der Waals surface area contributed by atoms with Crippen LogP contribution in [0.2, 0.25) is 0 Å². The van der Waals surface area contributed by atoms with E-state index in [4.69, 9.17) is 0 Å². The van der Waals surface area contributed by atoms with Gasteiger partial charge in [-0.15, -0.1) is 0 Å². The number of hydrogen-bond acceptors (Lipinski definition) is 3. The first-order chi connectivity index (χ1) is 10.7. The first-order valence-electron chi connectivity index (χ1n) is 7.77. The third-order valence-electron chi connectivity index (χ3n) is 5.10. The van der Waals surface area contributed by atoms with Gasteiger partial charge in [-0.2, -0.15) is 13.2 Å². The maximum absolute atomic E-state index is 12.8. The van der Waals surface area contributed by atoms with Crippen molar-refractivity contribution in [2.24, 2.45) is 11.8 Å². The van der Waals surface area contributed by atoms with Gasteiger partial charge >= 0.3 is 6.18 Å². The van der Waals surface area contributed by atoms with Gasteiger partial charge in [-0.1, -0.05) is 6.07 Å². The van der Waals surface area contributed by atoms with Crippen molar-refractivity contribution in [2.75, 3.05) is 18.0 Å². The number of amides is 1. The molecule has 2 unspecified atom stereocenters. The third kappa shape index (κ3) is 3.01. The SMILES string of the molecule is CC(=O)NC1(C)CCC2CN(c3cccc(C(F)(F)F)n3)C[C@@H]21. The number of alkyl halides is 3. The number of carbonyl (C=O) groups excluding carboxylic acids is 1. The molecule has 1 N–H and O–H groups in total. The van der Waals surface area contributed by atoms with Crippen LogP contribution in [0.3, 0.4) is 0 Å². The molecule has 2 heterocycles. The van der Waals surface area contributed by atoms with Crippen LogP contribution in [0.15, 0.2) is 18.2 Å². The minimum absolute atomic E-state index is 0.0659. The lowest BCUT2D eigenvalue weighted by atomic mass is 9.86. The van der Waals surface area contributed by atoms with E-state index in [0.717, 1.165) is 18.9 Å². The minimum atomic E-state index is -4.43. The topological polar surface area (TPSA) is 45.2 Å². The molecule has 0 aromatic carbocycles. The first-order valence-corrected chi connectivity index (χ1v) is 7.77. The van der Waals surface area contributed by atoms with Gasteiger partial charge in [0.15, 0.2) is 0 Å². The number of rotatable bonds is 2. The monoisotopic (exact) mass is 327 g/mol. The average molecular weight is 327 g/mol. The van der Waals surface area contributed by atoms with E-state index in [0.29, 0.717) is 24.8 Å². The van der Waals surface area contributed by atoms with Crippen LogP contribution >= 0.6 is 0 Å². The highest BCUT2D eigenvalue weighted by atomic mass is 19.4. The van der Waals surface area contributed by atoms with E-state index in [1.807, 2.05) is 11.8 Å². The van der Waals surface area contributed by atoms with Gasteiger partial charge in [0.05, 0.1) is 0 Å². The zero-order chi connectivity index (χ0) is 16.8. The van der Waals surface area contributed by atoms with Crippen LogP contribution in [0.5, 0.6) is 0 Å². The van der Waals surface area contributed by atoms with Crippen molar-refractivity contribution in [3.63, 3.8) is 0 Å². The van der Waals surface area contributed by atoms with Crippen LogP contribution in [0.4, 0.5) is 19.0 Å². The molecule has 1 saturated carbocycles. The van der Waals surface area contributed by atoms with E-state index in [1.54, 1.807) is 6.07 Å². The predicted octanol–water partition coefficient (Wildman–Crippen LogP) is 2.84. The largest absolute Gasteiger partial charge is 0.433 e. The second-order valence-electron chi connectivity index (χ2n) is 6.79. The second kappa shape index (κ2) is 5.39. The van der Waals surface area contributed by atoms with E-state index in [1.165, 1.54) is 13.0 Å². The quantitative estimate of drug-likeness (QED) is 0.908. The standard InChI is InChI=1S/C16H20F3N3O/c1-10(23)21-15(2)7-6-11-8-22(9-12(11)15)14-5-3-4-13(20-14)16(17,18)19/h3-5,11-12H,6-9H2,1-2H3,(H,21,23)/t11?,12-,15?/m0/s1. The summed E-state index contributed by atoms with van der Waals surface area (Å²) in [7, 11) is 0. The molecule has 3 atom stereocenters. The summed E-state index contributed by atoms with van der Waals surface area (Å²) in [5.74, 6) is 0.911. The van der Waals surface area contributed by atoms with E-state index >= 15 is 0 Å². The Labute approximate surface area is 133 Å². The van der Waals surface area contributed by atoms with Gasteiger partial charge in [0.2, 0.25) is 5.91 Å². The Hall–Kier alpha value is -1.79. The summed E-state index contributed by atoms with van der Waals surface area (Å²) in [4.78, 5) is 17.1. The zero-order valence-corrected chi connectivity index (χ0v) is 13.2. The summed E-state index contributed by atoms with van der Waals surface area (Å²) in [5, 5.41) is 3.03. The van der Waals surface area contributed by atoms with Gasteiger partial charge in [0.25, 0.3) is 0 Å². The second-order valence-corrected chi connectivity index (χ2v) is 6.79. The van der Waals surface area contributed by atoms with Crippen LogP contribution in [0, 0.1) is 11.8 Å². The molecule has 3 rings (SSSR count). The average Bonchev–Trinajstić information content (AvgIpc) is 2.99. The summed E-state index contributed by atoms with van der Waals surface area (Å²) in [6.45, 7) is 4.84. The molecule has 1 aromatic rings. The molecule has 0 bridgehead atoms. The van der Waals surface area contributed by atoms with Gasteiger partial charge in [-0.25, -0.2) is 4.98 Å². The number of pyridine rings is 1. The van der Waals surface area contributed by atoms with Crippen LogP contribution in [0.25, 0.3) is 0 Å². The van der Waals surface area contributed by atoms with Crippen LogP contribution in [0.1, 0.15) is 32.4 Å². The smallest absolute Gasteiger partial charge is 0.356 e. The van der Waals surface area contributed by atoms with Crippen LogP contribution in [-0.4, -0.2) is 29.5 Å².